The molecule has 1 aromatic carbocycles. The van der Waals surface area contributed by atoms with E-state index in [1.165, 1.54) is 4.90 Å². The van der Waals surface area contributed by atoms with Crippen molar-refractivity contribution in [3.63, 3.8) is 0 Å². The molecule has 2 rings (SSSR count). The van der Waals surface area contributed by atoms with E-state index >= 15 is 0 Å². The van der Waals surface area contributed by atoms with Gasteiger partial charge in [0.05, 0.1) is 4.92 Å². The average molecular weight is 249 g/mol. The van der Waals surface area contributed by atoms with Crippen LogP contribution in [0.1, 0.15) is 12.0 Å². The fourth-order valence-corrected chi connectivity index (χ4v) is 2.27. The van der Waals surface area contributed by atoms with Crippen LogP contribution in [0.4, 0.5) is 11.4 Å². The van der Waals surface area contributed by atoms with Crippen LogP contribution in [0.5, 0.6) is 0 Å². The summed E-state index contributed by atoms with van der Waals surface area (Å²) in [6.45, 7) is 2.55. The molecule has 96 valence electrons. The third-order valence-corrected chi connectivity index (χ3v) is 3.23. The Kier molecular flexibility index (Phi) is 3.29. The van der Waals surface area contributed by atoms with Crippen molar-refractivity contribution in [2.45, 2.75) is 13.3 Å². The molecule has 1 amide bonds. The highest BCUT2D eigenvalue weighted by molar-refractivity contribution is 5.98. The van der Waals surface area contributed by atoms with Gasteiger partial charge >= 0.3 is 0 Å². The lowest BCUT2D eigenvalue weighted by atomic mass is 10.1. The summed E-state index contributed by atoms with van der Waals surface area (Å²) < 4.78 is 0. The van der Waals surface area contributed by atoms with Gasteiger partial charge < -0.3 is 10.6 Å². The van der Waals surface area contributed by atoms with E-state index in [1.54, 1.807) is 25.1 Å². The molecular weight excluding hydrogens is 234 g/mol. The predicted molar refractivity (Wildman–Crippen MR) is 67.3 cm³/mol. The number of carbonyl (C=O) groups is 1. The number of carbonyl (C=O) groups excluding carboxylic acids is 1. The second-order valence-electron chi connectivity index (χ2n) is 4.51. The first-order valence-corrected chi connectivity index (χ1v) is 5.79. The topological polar surface area (TPSA) is 89.5 Å². The number of nitrogens with two attached hydrogens (primary N) is 1. The zero-order valence-corrected chi connectivity index (χ0v) is 10.1. The molecule has 2 N–H and O–H groups in total. The maximum absolute atomic E-state index is 11.9. The van der Waals surface area contributed by atoms with Crippen molar-refractivity contribution in [1.29, 1.82) is 0 Å². The van der Waals surface area contributed by atoms with Crippen molar-refractivity contribution >= 4 is 17.3 Å². The number of nitro benzene ring substituents is 1. The molecule has 1 saturated heterocycles. The zero-order valence-electron chi connectivity index (χ0n) is 10.1. The molecule has 0 saturated carbocycles. The van der Waals surface area contributed by atoms with Gasteiger partial charge in [-0.1, -0.05) is 12.1 Å². The van der Waals surface area contributed by atoms with Crippen LogP contribution >= 0.6 is 0 Å². The van der Waals surface area contributed by atoms with Crippen LogP contribution in [0.2, 0.25) is 0 Å². The molecule has 0 bridgehead atoms. The van der Waals surface area contributed by atoms with Gasteiger partial charge in [-0.15, -0.1) is 0 Å². The van der Waals surface area contributed by atoms with E-state index in [2.05, 4.69) is 0 Å². The predicted octanol–water partition coefficient (Wildman–Crippen LogP) is 1.21. The maximum atomic E-state index is 11.9. The smallest absolute Gasteiger partial charge is 0.295 e. The molecular formula is C12H15N3O3. The lowest BCUT2D eigenvalue weighted by Crippen LogP contribution is -2.26. The van der Waals surface area contributed by atoms with Crippen molar-refractivity contribution in [1.82, 2.24) is 0 Å². The van der Waals surface area contributed by atoms with E-state index in [9.17, 15) is 14.9 Å². The van der Waals surface area contributed by atoms with Crippen LogP contribution < -0.4 is 10.6 Å². The largest absolute Gasteiger partial charge is 0.330 e. The van der Waals surface area contributed by atoms with Crippen molar-refractivity contribution in [2.24, 2.45) is 11.7 Å². The summed E-state index contributed by atoms with van der Waals surface area (Å²) in [5, 5.41) is 11.1. The summed E-state index contributed by atoms with van der Waals surface area (Å²) in [7, 11) is 0. The Morgan fingerprint density at radius 2 is 2.28 bits per heavy atom. The minimum absolute atomic E-state index is 0.00326. The van der Waals surface area contributed by atoms with Gasteiger partial charge in [0.15, 0.2) is 0 Å². The maximum Gasteiger partial charge on any atom is 0.295 e. The van der Waals surface area contributed by atoms with Crippen LogP contribution in [0, 0.1) is 23.0 Å². The minimum atomic E-state index is -0.437. The first-order valence-electron chi connectivity index (χ1n) is 5.79. The van der Waals surface area contributed by atoms with Gasteiger partial charge in [-0.2, -0.15) is 0 Å². The molecule has 1 heterocycles. The van der Waals surface area contributed by atoms with Crippen LogP contribution in [0.3, 0.4) is 0 Å². The summed E-state index contributed by atoms with van der Waals surface area (Å²) in [6.07, 6.45) is 0.363. The van der Waals surface area contributed by atoms with Crippen molar-refractivity contribution in [2.75, 3.05) is 18.0 Å². The Morgan fingerprint density at radius 1 is 1.56 bits per heavy atom. The molecule has 1 atom stereocenters. The third kappa shape index (κ3) is 2.06. The normalized spacial score (nSPS) is 19.3. The minimum Gasteiger partial charge on any atom is -0.330 e. The summed E-state index contributed by atoms with van der Waals surface area (Å²) in [5.74, 6) is -0.0169. The van der Waals surface area contributed by atoms with E-state index < -0.39 is 4.92 Å². The van der Waals surface area contributed by atoms with Crippen LogP contribution in [0.25, 0.3) is 0 Å². The standard InChI is InChI=1S/C12H15N3O3/c1-8-3-2-4-10(12(8)15(17)18)14-7-9(6-13)5-11(14)16/h2-4,9H,5-7,13H2,1H3. The number of rotatable bonds is 3. The number of hydrogen-bond acceptors (Lipinski definition) is 4. The first kappa shape index (κ1) is 12.5. The molecule has 0 spiro atoms. The molecule has 0 aliphatic carbocycles. The first-order chi connectivity index (χ1) is 8.54. The molecule has 1 fully saturated rings. The molecule has 1 aliphatic rings. The van der Waals surface area contributed by atoms with E-state index in [4.69, 9.17) is 5.73 Å². The highest BCUT2D eigenvalue weighted by Crippen LogP contribution is 2.34. The van der Waals surface area contributed by atoms with Gasteiger partial charge in [0.1, 0.15) is 5.69 Å². The van der Waals surface area contributed by atoms with Crippen molar-refractivity contribution in [3.05, 3.63) is 33.9 Å². The van der Waals surface area contributed by atoms with Gasteiger partial charge in [0.25, 0.3) is 5.69 Å². The quantitative estimate of drug-likeness (QED) is 0.644. The Labute approximate surface area is 105 Å². The summed E-state index contributed by atoms with van der Waals surface area (Å²) >= 11 is 0. The number of para-hydroxylation sites is 1. The molecule has 18 heavy (non-hydrogen) atoms. The van der Waals surface area contributed by atoms with Gasteiger partial charge in [0, 0.05) is 18.5 Å². The van der Waals surface area contributed by atoms with Gasteiger partial charge in [-0.3, -0.25) is 14.9 Å². The van der Waals surface area contributed by atoms with Crippen LogP contribution in [0.15, 0.2) is 18.2 Å². The molecule has 0 aromatic heterocycles. The molecule has 0 radical (unpaired) electrons. The fraction of sp³-hybridized carbons (Fsp3) is 0.417. The average Bonchev–Trinajstić information content (AvgIpc) is 2.69. The van der Waals surface area contributed by atoms with Crippen molar-refractivity contribution in [3.8, 4) is 0 Å². The number of amides is 1. The second kappa shape index (κ2) is 4.73. The SMILES string of the molecule is Cc1cccc(N2CC(CN)CC2=O)c1[N+](=O)[O-]. The molecule has 1 unspecified atom stereocenters. The number of anilines is 1. The Morgan fingerprint density at radius 3 is 2.83 bits per heavy atom. The van der Waals surface area contributed by atoms with Crippen LogP contribution in [-0.4, -0.2) is 23.9 Å². The summed E-state index contributed by atoms with van der Waals surface area (Å²) in [6, 6.07) is 5.01. The number of nitrogens with zero attached hydrogens (tertiary/aromatic N) is 2. The van der Waals surface area contributed by atoms with Crippen LogP contribution in [-0.2, 0) is 4.79 Å². The van der Waals surface area contributed by atoms with E-state index in [1.807, 2.05) is 0 Å². The second-order valence-corrected chi connectivity index (χ2v) is 4.51. The lowest BCUT2D eigenvalue weighted by Gasteiger charge is -2.17. The lowest BCUT2D eigenvalue weighted by molar-refractivity contribution is -0.384. The van der Waals surface area contributed by atoms with E-state index in [0.29, 0.717) is 30.8 Å². The summed E-state index contributed by atoms with van der Waals surface area (Å²) in [5.41, 5.74) is 6.49. The summed E-state index contributed by atoms with van der Waals surface area (Å²) in [4.78, 5) is 24.0. The van der Waals surface area contributed by atoms with Crippen molar-refractivity contribution < 1.29 is 9.72 Å². The number of benzene rings is 1. The molecule has 6 heteroatoms. The zero-order chi connectivity index (χ0) is 13.3. The Bertz CT molecular complexity index is 501. The highest BCUT2D eigenvalue weighted by Gasteiger charge is 2.33. The molecule has 1 aliphatic heterocycles. The number of aryl methyl sites for hydroxylation is 1. The highest BCUT2D eigenvalue weighted by atomic mass is 16.6. The van der Waals surface area contributed by atoms with Gasteiger partial charge in [0.2, 0.25) is 5.91 Å². The Balaban J connectivity index is 2.43. The molecule has 6 nitrogen and oxygen atoms in total. The third-order valence-electron chi connectivity index (χ3n) is 3.23. The van der Waals surface area contributed by atoms with E-state index in [0.717, 1.165) is 0 Å². The van der Waals surface area contributed by atoms with Gasteiger partial charge in [-0.05, 0) is 25.5 Å². The van der Waals surface area contributed by atoms with E-state index in [-0.39, 0.29) is 17.5 Å². The Hall–Kier alpha value is -1.95. The number of nitro groups is 1. The monoisotopic (exact) mass is 249 g/mol. The fourth-order valence-electron chi connectivity index (χ4n) is 2.27. The number of hydrogen-bond donors (Lipinski definition) is 1. The molecule has 1 aromatic rings. The van der Waals surface area contributed by atoms with Gasteiger partial charge in [-0.25, -0.2) is 0 Å².